The molecule has 0 fully saturated rings. The maximum absolute atomic E-state index is 12.7. The van der Waals surface area contributed by atoms with Crippen molar-refractivity contribution in [3.63, 3.8) is 0 Å². The van der Waals surface area contributed by atoms with Crippen LogP contribution in [0.15, 0.2) is 41.6 Å². The molecule has 0 bridgehead atoms. The Labute approximate surface area is 184 Å². The number of nitro groups is 1. The van der Waals surface area contributed by atoms with Gasteiger partial charge in [0.05, 0.1) is 10.6 Å². The van der Waals surface area contributed by atoms with Gasteiger partial charge in [-0.25, -0.2) is 0 Å². The van der Waals surface area contributed by atoms with Crippen molar-refractivity contribution in [2.45, 2.75) is 45.6 Å². The zero-order valence-electron chi connectivity index (χ0n) is 18.2. The molecule has 166 valence electrons. The third-order valence-electron chi connectivity index (χ3n) is 5.44. The Hall–Kier alpha value is -3.88. The van der Waals surface area contributed by atoms with Crippen LogP contribution in [0.4, 0.5) is 11.4 Å². The quantitative estimate of drug-likeness (QED) is 0.304. The molecule has 0 aromatic heterocycles. The molecule has 1 atom stereocenters. The predicted octanol–water partition coefficient (Wildman–Crippen LogP) is 3.77. The summed E-state index contributed by atoms with van der Waals surface area (Å²) >= 11 is 0. The fourth-order valence-corrected chi connectivity index (χ4v) is 3.76. The number of hydrogen-bond acceptors (Lipinski definition) is 7. The second kappa shape index (κ2) is 8.70. The van der Waals surface area contributed by atoms with Crippen molar-refractivity contribution in [3.05, 3.63) is 68.8 Å². The minimum Gasteiger partial charge on any atom is -0.380 e. The summed E-state index contributed by atoms with van der Waals surface area (Å²) in [6, 6.07) is 9.75. The summed E-state index contributed by atoms with van der Waals surface area (Å²) in [7, 11) is 0. The van der Waals surface area contributed by atoms with E-state index in [0.29, 0.717) is 39.9 Å². The molecule has 0 aliphatic carbocycles. The number of hydrogen-bond donors (Lipinski definition) is 1. The number of amides is 1. The van der Waals surface area contributed by atoms with Crippen molar-refractivity contribution in [2.75, 3.05) is 5.32 Å². The second-order valence-electron chi connectivity index (χ2n) is 8.31. The molecule has 3 rings (SSSR count). The lowest BCUT2D eigenvalue weighted by Gasteiger charge is -2.24. The van der Waals surface area contributed by atoms with Gasteiger partial charge in [0.1, 0.15) is 0 Å². The topological polar surface area (TPSA) is 128 Å². The Morgan fingerprint density at radius 2 is 1.97 bits per heavy atom. The Balaban J connectivity index is 1.79. The highest BCUT2D eigenvalue weighted by molar-refractivity contribution is 6.40. The lowest BCUT2D eigenvalue weighted by Crippen LogP contribution is -2.31. The number of oxime groups is 1. The molecule has 1 unspecified atom stereocenters. The molecule has 1 amide bonds. The molecule has 9 heteroatoms. The van der Waals surface area contributed by atoms with Crippen LogP contribution in [0, 0.1) is 17.0 Å². The minimum atomic E-state index is -0.934. The monoisotopic (exact) mass is 437 g/mol. The van der Waals surface area contributed by atoms with Gasteiger partial charge in [0.15, 0.2) is 6.29 Å². The number of nitrogens with zero attached hydrogens (tertiary/aromatic N) is 2. The number of ketones is 1. The van der Waals surface area contributed by atoms with E-state index in [0.717, 1.165) is 0 Å². The molecule has 1 heterocycles. The molecule has 1 N–H and O–H groups in total. The summed E-state index contributed by atoms with van der Waals surface area (Å²) in [4.78, 5) is 52.6. The number of nitrogens with one attached hydrogen (secondary N) is 1. The van der Waals surface area contributed by atoms with E-state index in [1.165, 1.54) is 0 Å². The lowest BCUT2D eigenvalue weighted by molar-refractivity contribution is -0.386. The zero-order chi connectivity index (χ0) is 23.6. The van der Waals surface area contributed by atoms with Gasteiger partial charge in [-0.3, -0.25) is 24.5 Å². The molecule has 2 aromatic carbocycles. The summed E-state index contributed by atoms with van der Waals surface area (Å²) in [6.07, 6.45) is -0.412. The Bertz CT molecular complexity index is 1150. The number of Topliss-reactive ketones (excluding diaryl/α,β-unsaturated/α-hetero) is 1. The van der Waals surface area contributed by atoms with E-state index >= 15 is 0 Å². The highest BCUT2D eigenvalue weighted by Crippen LogP contribution is 2.36. The molecular weight excluding hydrogens is 414 g/mol. The Kier molecular flexibility index (Phi) is 6.20. The minimum absolute atomic E-state index is 0.0536. The number of aryl methyl sites for hydroxylation is 1. The molecule has 0 saturated carbocycles. The average molecular weight is 437 g/mol. The van der Waals surface area contributed by atoms with E-state index in [9.17, 15) is 24.5 Å². The highest BCUT2D eigenvalue weighted by Gasteiger charge is 2.34. The first-order chi connectivity index (χ1) is 15.0. The van der Waals surface area contributed by atoms with Crippen LogP contribution in [0.5, 0.6) is 0 Å². The number of aldehydes is 1. The fourth-order valence-electron chi connectivity index (χ4n) is 3.76. The van der Waals surface area contributed by atoms with Gasteiger partial charge in [0.2, 0.25) is 11.9 Å². The van der Waals surface area contributed by atoms with Gasteiger partial charge < -0.3 is 10.2 Å². The van der Waals surface area contributed by atoms with Crippen molar-refractivity contribution in [1.82, 2.24) is 0 Å². The number of benzene rings is 2. The largest absolute Gasteiger partial charge is 0.380 e. The maximum Gasteiger partial charge on any atom is 0.291 e. The zero-order valence-corrected chi connectivity index (χ0v) is 18.2. The number of rotatable bonds is 7. The first kappa shape index (κ1) is 22.8. The van der Waals surface area contributed by atoms with Crippen molar-refractivity contribution in [2.24, 2.45) is 5.16 Å². The molecule has 0 radical (unpaired) electrons. The summed E-state index contributed by atoms with van der Waals surface area (Å²) in [6.45, 7) is 6.72. The molecular formula is C23H23N3O6. The maximum atomic E-state index is 12.7. The van der Waals surface area contributed by atoms with Crippen LogP contribution in [-0.4, -0.2) is 28.6 Å². The lowest BCUT2D eigenvalue weighted by atomic mass is 9.78. The van der Waals surface area contributed by atoms with Crippen molar-refractivity contribution < 1.29 is 24.1 Å². The molecule has 2 aromatic rings. The molecule has 9 nitrogen and oxygen atoms in total. The smallest absolute Gasteiger partial charge is 0.291 e. The highest BCUT2D eigenvalue weighted by atomic mass is 16.6. The van der Waals surface area contributed by atoms with E-state index < -0.39 is 28.1 Å². The van der Waals surface area contributed by atoms with Crippen LogP contribution in [0.2, 0.25) is 0 Å². The number of fused-ring (bicyclic) bond motifs is 1. The van der Waals surface area contributed by atoms with E-state index in [1.54, 1.807) is 64.1 Å². The SMILES string of the molecule is CC1=NOC(C=O)c2ccc(NC(=O)C(=O)CC(C)(C)c3cccc(C)c3[N+](=O)[O-])cc21. The van der Waals surface area contributed by atoms with Crippen LogP contribution in [0.25, 0.3) is 0 Å². The van der Waals surface area contributed by atoms with Crippen LogP contribution < -0.4 is 5.32 Å². The average Bonchev–Trinajstić information content (AvgIpc) is 2.73. The molecule has 0 spiro atoms. The van der Waals surface area contributed by atoms with Crippen LogP contribution in [0.1, 0.15) is 55.5 Å². The van der Waals surface area contributed by atoms with Crippen LogP contribution in [0.3, 0.4) is 0 Å². The molecule has 0 saturated heterocycles. The fraction of sp³-hybridized carbons (Fsp3) is 0.304. The van der Waals surface area contributed by atoms with Gasteiger partial charge in [0, 0.05) is 39.8 Å². The number of carbonyl (C=O) groups excluding carboxylic acids is 3. The van der Waals surface area contributed by atoms with Gasteiger partial charge in [0.25, 0.3) is 11.6 Å². The second-order valence-corrected chi connectivity index (χ2v) is 8.31. The van der Waals surface area contributed by atoms with Crippen molar-refractivity contribution in [3.8, 4) is 0 Å². The Morgan fingerprint density at radius 3 is 2.62 bits per heavy atom. The number of carbonyl (C=O) groups is 3. The number of para-hydroxylation sites is 1. The van der Waals surface area contributed by atoms with E-state index in [-0.39, 0.29) is 12.1 Å². The van der Waals surface area contributed by atoms with Gasteiger partial charge in [-0.1, -0.05) is 43.3 Å². The van der Waals surface area contributed by atoms with Gasteiger partial charge in [-0.15, -0.1) is 0 Å². The molecule has 1 aliphatic rings. The number of anilines is 1. The summed E-state index contributed by atoms with van der Waals surface area (Å²) < 4.78 is 0. The summed E-state index contributed by atoms with van der Waals surface area (Å²) in [5.74, 6) is -1.54. The summed E-state index contributed by atoms with van der Waals surface area (Å²) in [5, 5.41) is 17.9. The third-order valence-corrected chi connectivity index (χ3v) is 5.44. The van der Waals surface area contributed by atoms with Gasteiger partial charge in [-0.05, 0) is 26.0 Å². The third kappa shape index (κ3) is 4.41. The number of nitro benzene ring substituents is 1. The standard InChI is InChI=1S/C23H23N3O6/c1-13-6-5-7-18(21(13)26(30)31)23(3,4)11-19(28)22(29)24-15-8-9-16-17(10-15)14(2)25-32-20(16)12-27/h5-10,12,20H,11H2,1-4H3,(H,24,29). The molecule has 1 aliphatic heterocycles. The van der Waals surface area contributed by atoms with Gasteiger partial charge in [-0.2, -0.15) is 0 Å². The normalized spacial score (nSPS) is 15.1. The van der Waals surface area contributed by atoms with E-state index in [4.69, 9.17) is 4.84 Å². The van der Waals surface area contributed by atoms with Crippen LogP contribution >= 0.6 is 0 Å². The van der Waals surface area contributed by atoms with E-state index in [1.807, 2.05) is 0 Å². The Morgan fingerprint density at radius 1 is 1.25 bits per heavy atom. The summed E-state index contributed by atoms with van der Waals surface area (Å²) in [5.41, 5.74) is 2.04. The first-order valence-corrected chi connectivity index (χ1v) is 9.94. The molecule has 32 heavy (non-hydrogen) atoms. The van der Waals surface area contributed by atoms with Gasteiger partial charge >= 0.3 is 0 Å². The van der Waals surface area contributed by atoms with E-state index in [2.05, 4.69) is 10.5 Å². The van der Waals surface area contributed by atoms with Crippen molar-refractivity contribution >= 4 is 35.1 Å². The predicted molar refractivity (Wildman–Crippen MR) is 118 cm³/mol. The first-order valence-electron chi connectivity index (χ1n) is 9.94. The van der Waals surface area contributed by atoms with Crippen molar-refractivity contribution in [1.29, 1.82) is 0 Å². The van der Waals surface area contributed by atoms with Crippen LogP contribution in [-0.2, 0) is 24.6 Å².